The Morgan fingerprint density at radius 2 is 2.13 bits per heavy atom. The minimum absolute atomic E-state index is 0.0861. The third-order valence-electron chi connectivity index (χ3n) is 7.40. The van der Waals surface area contributed by atoms with E-state index in [1.807, 2.05) is 18.7 Å². The number of ketones is 2. The van der Waals surface area contributed by atoms with Gasteiger partial charge in [-0.3, -0.25) is 19.7 Å². The highest BCUT2D eigenvalue weighted by Gasteiger charge is 2.72. The van der Waals surface area contributed by atoms with Gasteiger partial charge in [0.2, 0.25) is 11.6 Å². The van der Waals surface area contributed by atoms with E-state index in [-0.39, 0.29) is 47.2 Å². The molecule has 0 aromatic carbocycles. The van der Waals surface area contributed by atoms with Crippen LogP contribution in [0, 0.1) is 16.0 Å². The second kappa shape index (κ2) is 9.80. The molecular weight excluding hydrogens is 548 g/mol. The number of allylic oxidation sites excluding steroid dienone is 2. The average Bonchev–Trinajstić information content (AvgIpc) is 3.50. The van der Waals surface area contributed by atoms with Crippen molar-refractivity contribution in [3.63, 3.8) is 0 Å². The first-order valence-corrected chi connectivity index (χ1v) is 14.3. The summed E-state index contributed by atoms with van der Waals surface area (Å²) in [5, 5.41) is 18.0. The lowest BCUT2D eigenvalue weighted by Gasteiger charge is -2.39. The molecule has 1 aromatic heterocycles. The molecular formula is C24H28N6O7S2. The lowest BCUT2D eigenvalue weighted by Crippen LogP contribution is -2.55. The second-order valence-electron chi connectivity index (χ2n) is 10.3. The van der Waals surface area contributed by atoms with E-state index >= 15 is 0 Å². The lowest BCUT2D eigenvalue weighted by molar-refractivity contribution is -0.385. The van der Waals surface area contributed by atoms with Crippen LogP contribution in [0.3, 0.4) is 0 Å². The number of primary amides is 1. The van der Waals surface area contributed by atoms with Crippen LogP contribution in [0.4, 0.5) is 10.5 Å². The number of hydrogen-bond donors (Lipinski definition) is 3. The van der Waals surface area contributed by atoms with Gasteiger partial charge in [-0.1, -0.05) is 10.8 Å². The van der Waals surface area contributed by atoms with E-state index in [9.17, 15) is 24.5 Å². The summed E-state index contributed by atoms with van der Waals surface area (Å²) >= 11 is 0. The van der Waals surface area contributed by atoms with Gasteiger partial charge < -0.3 is 30.7 Å². The van der Waals surface area contributed by atoms with Crippen molar-refractivity contribution in [2.24, 2.45) is 11.7 Å². The van der Waals surface area contributed by atoms with Gasteiger partial charge >= 0.3 is 6.09 Å². The monoisotopic (exact) mass is 576 g/mol. The highest BCUT2D eigenvalue weighted by Crippen LogP contribution is 2.55. The Labute approximate surface area is 231 Å². The summed E-state index contributed by atoms with van der Waals surface area (Å²) in [6.07, 6.45) is 0.232. The van der Waals surface area contributed by atoms with E-state index in [0.717, 1.165) is 0 Å². The van der Waals surface area contributed by atoms with Gasteiger partial charge in [-0.15, -0.1) is 0 Å². The molecule has 2 fully saturated rings. The van der Waals surface area contributed by atoms with Gasteiger partial charge in [0.25, 0.3) is 5.69 Å². The number of nitro groups is 1. The maximum atomic E-state index is 13.9. The van der Waals surface area contributed by atoms with E-state index in [0.29, 0.717) is 29.4 Å². The van der Waals surface area contributed by atoms with Crippen LogP contribution in [0.25, 0.3) is 0 Å². The number of hydrogen-bond acceptors (Lipinski definition) is 13. The van der Waals surface area contributed by atoms with Crippen LogP contribution >= 0.6 is 21.6 Å². The first kappa shape index (κ1) is 27.4. The SMILES string of the molecule is CO[C@@]12[C@H](COC(N)=O)C3=C(C(=O)C(C)=C(NCC(C)(C)SSc4ccc([N+](=O)[O-])cn4)C3=O)N1C[C@@H]1N[C@@H]12. The highest BCUT2D eigenvalue weighted by atomic mass is 33.1. The number of amides is 1. The number of aromatic nitrogens is 1. The van der Waals surface area contributed by atoms with Gasteiger partial charge in [0.05, 0.1) is 28.3 Å². The zero-order valence-electron chi connectivity index (χ0n) is 21.7. The quantitative estimate of drug-likeness (QED) is 0.120. The third kappa shape index (κ3) is 4.56. The van der Waals surface area contributed by atoms with Crippen molar-refractivity contribution in [2.75, 3.05) is 26.8 Å². The predicted molar refractivity (Wildman–Crippen MR) is 142 cm³/mol. The molecule has 13 nitrogen and oxygen atoms in total. The molecule has 39 heavy (non-hydrogen) atoms. The lowest BCUT2D eigenvalue weighted by atomic mass is 9.82. The van der Waals surface area contributed by atoms with Gasteiger partial charge in [0.1, 0.15) is 17.8 Å². The van der Waals surface area contributed by atoms with Gasteiger partial charge in [-0.25, -0.2) is 9.78 Å². The first-order valence-electron chi connectivity index (χ1n) is 12.2. The molecule has 4 N–H and O–H groups in total. The summed E-state index contributed by atoms with van der Waals surface area (Å²) in [7, 11) is 4.35. The Kier molecular flexibility index (Phi) is 6.89. The molecule has 3 aliphatic heterocycles. The number of carbonyl (C=O) groups excluding carboxylic acids is 3. The van der Waals surface area contributed by atoms with E-state index in [2.05, 4.69) is 15.6 Å². The number of methoxy groups -OCH3 is 1. The number of piperazine rings is 1. The van der Waals surface area contributed by atoms with Crippen LogP contribution in [0.2, 0.25) is 0 Å². The summed E-state index contributed by atoms with van der Waals surface area (Å²) in [4.78, 5) is 55.4. The van der Waals surface area contributed by atoms with Crippen LogP contribution in [0.15, 0.2) is 45.9 Å². The topological polar surface area (TPSA) is 189 Å². The summed E-state index contributed by atoms with van der Waals surface area (Å²) in [6, 6.07) is 2.97. The van der Waals surface area contributed by atoms with Crippen molar-refractivity contribution in [3.05, 3.63) is 51.0 Å². The van der Waals surface area contributed by atoms with E-state index in [1.54, 1.807) is 13.0 Å². The van der Waals surface area contributed by atoms with Crippen molar-refractivity contribution in [1.29, 1.82) is 0 Å². The average molecular weight is 577 g/mol. The van der Waals surface area contributed by atoms with Crippen LogP contribution in [0.1, 0.15) is 20.8 Å². The van der Waals surface area contributed by atoms with E-state index in [4.69, 9.17) is 15.2 Å². The summed E-state index contributed by atoms with van der Waals surface area (Å²) in [6.45, 7) is 6.18. The molecule has 0 saturated carbocycles. The number of rotatable bonds is 10. The Bertz CT molecular complexity index is 1330. The largest absolute Gasteiger partial charge is 0.449 e. The molecule has 1 aromatic rings. The minimum Gasteiger partial charge on any atom is -0.449 e. The number of pyridine rings is 1. The third-order valence-corrected chi connectivity index (χ3v) is 10.6. The van der Waals surface area contributed by atoms with Crippen molar-refractivity contribution in [2.45, 2.75) is 48.4 Å². The molecule has 1 amide bonds. The van der Waals surface area contributed by atoms with Crippen LogP contribution in [-0.2, 0) is 19.1 Å². The summed E-state index contributed by atoms with van der Waals surface area (Å²) < 4.78 is 10.7. The summed E-state index contributed by atoms with van der Waals surface area (Å²) in [5.41, 5.74) is 5.19. The Morgan fingerprint density at radius 1 is 1.38 bits per heavy atom. The first-order chi connectivity index (χ1) is 18.4. The smallest absolute Gasteiger partial charge is 0.404 e. The van der Waals surface area contributed by atoms with Crippen LogP contribution in [-0.4, -0.2) is 81.8 Å². The molecule has 1 aliphatic carbocycles. The number of nitrogens with one attached hydrogen (secondary N) is 2. The normalized spacial score (nSPS) is 27.4. The van der Waals surface area contributed by atoms with Gasteiger partial charge in [-0.05, 0) is 37.6 Å². The van der Waals surface area contributed by atoms with Gasteiger partial charge in [0.15, 0.2) is 5.72 Å². The van der Waals surface area contributed by atoms with Crippen molar-refractivity contribution < 1.29 is 28.8 Å². The van der Waals surface area contributed by atoms with Gasteiger partial charge in [0, 0.05) is 48.2 Å². The number of ether oxygens (including phenoxy) is 2. The fourth-order valence-corrected chi connectivity index (χ4v) is 7.59. The zero-order valence-corrected chi connectivity index (χ0v) is 23.3. The molecule has 4 atom stereocenters. The molecule has 2 saturated heterocycles. The molecule has 4 heterocycles. The molecule has 0 unspecified atom stereocenters. The molecule has 5 rings (SSSR count). The number of nitrogens with zero attached hydrogens (tertiary/aromatic N) is 3. The number of nitrogens with two attached hydrogens (primary N) is 1. The maximum absolute atomic E-state index is 13.9. The predicted octanol–water partition coefficient (Wildman–Crippen LogP) is 1.50. The number of Topliss-reactive ketones (excluding diaryl/α,β-unsaturated/α-hetero) is 2. The van der Waals surface area contributed by atoms with Gasteiger partial charge in [-0.2, -0.15) is 0 Å². The fraction of sp³-hybridized carbons (Fsp3) is 0.500. The van der Waals surface area contributed by atoms with Crippen molar-refractivity contribution >= 4 is 44.9 Å². The van der Waals surface area contributed by atoms with Crippen LogP contribution in [0.5, 0.6) is 0 Å². The highest BCUT2D eigenvalue weighted by molar-refractivity contribution is 8.77. The summed E-state index contributed by atoms with van der Waals surface area (Å²) in [5.74, 6) is -1.32. The molecule has 0 radical (unpaired) electrons. The van der Waals surface area contributed by atoms with Crippen LogP contribution < -0.4 is 16.4 Å². The molecule has 4 aliphatic rings. The van der Waals surface area contributed by atoms with E-state index in [1.165, 1.54) is 41.0 Å². The maximum Gasteiger partial charge on any atom is 0.404 e. The zero-order chi connectivity index (χ0) is 28.3. The number of fused-ring (bicyclic) bond motifs is 4. The van der Waals surface area contributed by atoms with Crippen molar-refractivity contribution in [1.82, 2.24) is 20.5 Å². The fourth-order valence-electron chi connectivity index (χ4n) is 5.52. The standard InChI is InChI=1S/C24H28N6O7S2/c1-11-17(27-10-23(2,3)39-38-15-6-5-12(7-26-15)30(34)35)20(32)16-13(9-37-22(25)33)24(36-4)21-14(28-21)8-29(24)18(16)19(11)31/h5-7,13-14,21,27-28H,8-10H2,1-4H3,(H2,25,33)/t13-,14+,21+,24-/m1/s1. The number of carbonyl (C=O) groups is 3. The Morgan fingerprint density at radius 3 is 2.74 bits per heavy atom. The van der Waals surface area contributed by atoms with E-state index < -0.39 is 27.4 Å². The molecule has 0 bridgehead atoms. The minimum atomic E-state index is -1.03. The van der Waals surface area contributed by atoms with Crippen molar-refractivity contribution in [3.8, 4) is 0 Å². The molecule has 208 valence electrons. The second-order valence-corrected chi connectivity index (χ2v) is 13.2. The Balaban J connectivity index is 1.33. The Hall–Kier alpha value is -3.14. The molecule has 15 heteroatoms. The molecule has 0 spiro atoms.